The maximum absolute atomic E-state index is 12.4. The van der Waals surface area contributed by atoms with E-state index in [4.69, 9.17) is 14.5 Å². The van der Waals surface area contributed by atoms with Crippen LogP contribution in [0.4, 0.5) is 0 Å². The van der Waals surface area contributed by atoms with Gasteiger partial charge in [0.25, 0.3) is 0 Å². The van der Waals surface area contributed by atoms with Crippen LogP contribution in [0.25, 0.3) is 0 Å². The van der Waals surface area contributed by atoms with Crippen molar-refractivity contribution in [1.82, 2.24) is 0 Å². The summed E-state index contributed by atoms with van der Waals surface area (Å²) in [6.07, 6.45) is -1.16. The van der Waals surface area contributed by atoms with E-state index in [1.54, 1.807) is 0 Å². The van der Waals surface area contributed by atoms with Crippen molar-refractivity contribution in [3.8, 4) is 0 Å². The molecule has 7 unspecified atom stereocenters. The highest BCUT2D eigenvalue weighted by Crippen LogP contribution is 2.34. The zero-order valence-electron chi connectivity index (χ0n) is 17.4. The molecule has 2 N–H and O–H groups in total. The second-order valence-corrected chi connectivity index (χ2v) is 8.15. The Morgan fingerprint density at radius 3 is 1.97 bits per heavy atom. The molecule has 0 radical (unpaired) electrons. The Bertz CT molecular complexity index is 743. The van der Waals surface area contributed by atoms with Crippen molar-refractivity contribution in [2.45, 2.75) is 63.8 Å². The summed E-state index contributed by atoms with van der Waals surface area (Å²) in [6.45, 7) is 1.13. The average Bonchev–Trinajstić information content (AvgIpc) is 2.72. The molecule has 2 saturated carbocycles. The monoisotopic (exact) mass is 462 g/mol. The van der Waals surface area contributed by atoms with E-state index in [0.717, 1.165) is 0 Å². The topological polar surface area (TPSA) is 206 Å². The molecule has 0 amide bonds. The van der Waals surface area contributed by atoms with Gasteiger partial charge in [0, 0.05) is 42.5 Å². The summed E-state index contributed by atoms with van der Waals surface area (Å²) >= 11 is 0. The van der Waals surface area contributed by atoms with Gasteiger partial charge in [-0.25, -0.2) is 4.89 Å². The van der Waals surface area contributed by atoms with Gasteiger partial charge in [-0.3, -0.25) is 34.6 Å². The third-order valence-corrected chi connectivity index (χ3v) is 6.09. The SMILES string of the molecule is CC(OOCC1CCC([N+](=O)[O-])CC1C(=O)O)OC(=O)C1CCC([N+](=O)[O-])CC1C(=O)O. The summed E-state index contributed by atoms with van der Waals surface area (Å²) in [7, 11) is 0. The second kappa shape index (κ2) is 11.1. The first-order valence-corrected chi connectivity index (χ1v) is 10.2. The minimum atomic E-state index is -1.33. The molecule has 0 aromatic carbocycles. The summed E-state index contributed by atoms with van der Waals surface area (Å²) in [6, 6.07) is -1.97. The number of nitrogens with zero attached hydrogens (tertiary/aromatic N) is 2. The zero-order chi connectivity index (χ0) is 24.0. The molecular formula is C18H26N2O12. The Morgan fingerprint density at radius 2 is 1.44 bits per heavy atom. The molecule has 0 aliphatic heterocycles. The fourth-order valence-electron chi connectivity index (χ4n) is 4.29. The van der Waals surface area contributed by atoms with Crippen LogP contribution in [0.3, 0.4) is 0 Å². The van der Waals surface area contributed by atoms with Crippen molar-refractivity contribution in [2.24, 2.45) is 23.7 Å². The van der Waals surface area contributed by atoms with Crippen LogP contribution in [0, 0.1) is 43.9 Å². The van der Waals surface area contributed by atoms with Gasteiger partial charge >= 0.3 is 17.9 Å². The zero-order valence-corrected chi connectivity index (χ0v) is 17.4. The number of carbonyl (C=O) groups excluding carboxylic acids is 1. The van der Waals surface area contributed by atoms with Crippen molar-refractivity contribution in [3.05, 3.63) is 20.2 Å². The van der Waals surface area contributed by atoms with Gasteiger partial charge in [-0.15, -0.1) is 0 Å². The molecule has 14 nitrogen and oxygen atoms in total. The van der Waals surface area contributed by atoms with Gasteiger partial charge in [0.2, 0.25) is 18.4 Å². The fraction of sp³-hybridized carbons (Fsp3) is 0.833. The van der Waals surface area contributed by atoms with Crippen molar-refractivity contribution in [3.63, 3.8) is 0 Å². The highest BCUT2D eigenvalue weighted by molar-refractivity contribution is 5.81. The van der Waals surface area contributed by atoms with Crippen LogP contribution in [-0.2, 0) is 28.9 Å². The molecule has 14 heteroatoms. The summed E-state index contributed by atoms with van der Waals surface area (Å²) in [5.41, 5.74) is 0. The van der Waals surface area contributed by atoms with Gasteiger partial charge in [0.15, 0.2) is 0 Å². The normalized spacial score (nSPS) is 31.3. The quantitative estimate of drug-likeness (QED) is 0.154. The summed E-state index contributed by atoms with van der Waals surface area (Å²) in [5.74, 6) is -7.21. The standard InChI is InChI=1S/C18H26N2O12/c1-9(31-18(25)13-5-4-12(20(28)29)7-15(13)17(23)24)32-30-8-10-2-3-11(19(26)27)6-14(10)16(21)22/h9-15H,2-8H2,1H3,(H,21,22)(H,23,24). The molecule has 32 heavy (non-hydrogen) atoms. The maximum atomic E-state index is 12.4. The number of nitro groups is 2. The second-order valence-electron chi connectivity index (χ2n) is 8.15. The van der Waals surface area contributed by atoms with Crippen molar-refractivity contribution >= 4 is 17.9 Å². The van der Waals surface area contributed by atoms with Crippen LogP contribution in [0.2, 0.25) is 0 Å². The largest absolute Gasteiger partial charge is 0.481 e. The predicted molar refractivity (Wildman–Crippen MR) is 101 cm³/mol. The molecule has 7 atom stereocenters. The minimum absolute atomic E-state index is 0.0188. The molecular weight excluding hydrogens is 436 g/mol. The van der Waals surface area contributed by atoms with Gasteiger partial charge in [-0.2, -0.15) is 4.89 Å². The summed E-state index contributed by atoms with van der Waals surface area (Å²) in [5, 5.41) is 40.5. The lowest BCUT2D eigenvalue weighted by molar-refractivity contribution is -0.528. The number of carboxylic acid groups (broad SMARTS) is 2. The summed E-state index contributed by atoms with van der Waals surface area (Å²) < 4.78 is 5.05. The molecule has 2 aliphatic rings. The number of hydrogen-bond donors (Lipinski definition) is 2. The number of rotatable bonds is 10. The number of aliphatic carboxylic acids is 2. The molecule has 180 valence electrons. The Labute approximate surface area is 182 Å². The van der Waals surface area contributed by atoms with E-state index in [1.165, 1.54) is 6.92 Å². The first kappa shape index (κ1) is 25.4. The number of hydrogen-bond acceptors (Lipinski definition) is 10. The third kappa shape index (κ3) is 6.56. The van der Waals surface area contributed by atoms with Gasteiger partial charge < -0.3 is 14.9 Å². The number of ether oxygens (including phenoxy) is 1. The van der Waals surface area contributed by atoms with E-state index >= 15 is 0 Å². The van der Waals surface area contributed by atoms with E-state index in [9.17, 15) is 44.8 Å². The fourth-order valence-corrected chi connectivity index (χ4v) is 4.29. The molecule has 2 rings (SSSR count). The number of esters is 1. The van der Waals surface area contributed by atoms with Crippen molar-refractivity contribution in [2.75, 3.05) is 6.61 Å². The van der Waals surface area contributed by atoms with Crippen LogP contribution in [0.5, 0.6) is 0 Å². The highest BCUT2D eigenvalue weighted by Gasteiger charge is 2.45. The predicted octanol–water partition coefficient (Wildman–Crippen LogP) is 1.12. The number of carboxylic acids is 2. The van der Waals surface area contributed by atoms with Gasteiger partial charge in [0.05, 0.1) is 24.4 Å². The first-order chi connectivity index (χ1) is 15.0. The Balaban J connectivity index is 1.83. The smallest absolute Gasteiger partial charge is 0.312 e. The molecule has 0 aromatic heterocycles. The van der Waals surface area contributed by atoms with E-state index in [-0.39, 0.29) is 45.1 Å². The summed E-state index contributed by atoms with van der Waals surface area (Å²) in [4.78, 5) is 66.0. The molecule has 2 aliphatic carbocycles. The molecule has 0 spiro atoms. The van der Waals surface area contributed by atoms with Crippen LogP contribution < -0.4 is 0 Å². The minimum Gasteiger partial charge on any atom is -0.481 e. The molecule has 0 heterocycles. The lowest BCUT2D eigenvalue weighted by Crippen LogP contribution is -2.41. The van der Waals surface area contributed by atoms with Crippen molar-refractivity contribution < 1.29 is 49.0 Å². The van der Waals surface area contributed by atoms with Crippen LogP contribution in [0.15, 0.2) is 0 Å². The van der Waals surface area contributed by atoms with Gasteiger partial charge in [-0.05, 0) is 18.8 Å². The lowest BCUT2D eigenvalue weighted by Gasteiger charge is -2.30. The lowest BCUT2D eigenvalue weighted by atomic mass is 9.77. The molecule has 0 bridgehead atoms. The third-order valence-electron chi connectivity index (χ3n) is 6.09. The molecule has 0 aromatic rings. The maximum Gasteiger partial charge on any atom is 0.312 e. The molecule has 2 fully saturated rings. The van der Waals surface area contributed by atoms with E-state index < -0.39 is 69.8 Å². The Morgan fingerprint density at radius 1 is 0.906 bits per heavy atom. The Kier molecular flexibility index (Phi) is 8.83. The molecule has 0 saturated heterocycles. The van der Waals surface area contributed by atoms with Gasteiger partial charge in [-0.1, -0.05) is 0 Å². The van der Waals surface area contributed by atoms with Crippen molar-refractivity contribution in [1.29, 1.82) is 0 Å². The number of carbonyl (C=O) groups is 3. The van der Waals surface area contributed by atoms with E-state index in [0.29, 0.717) is 0 Å². The van der Waals surface area contributed by atoms with Gasteiger partial charge in [0.1, 0.15) is 0 Å². The Hall–Kier alpha value is -2.87. The van der Waals surface area contributed by atoms with Crippen LogP contribution >= 0.6 is 0 Å². The highest BCUT2D eigenvalue weighted by atomic mass is 17.2. The average molecular weight is 462 g/mol. The van der Waals surface area contributed by atoms with E-state index in [2.05, 4.69) is 0 Å². The van der Waals surface area contributed by atoms with Crippen LogP contribution in [0.1, 0.15) is 45.4 Å². The van der Waals surface area contributed by atoms with E-state index in [1.807, 2.05) is 0 Å². The van der Waals surface area contributed by atoms with Crippen LogP contribution in [-0.4, -0.2) is 62.9 Å². The first-order valence-electron chi connectivity index (χ1n) is 10.2.